The Kier molecular flexibility index (Phi) is 6.35. The summed E-state index contributed by atoms with van der Waals surface area (Å²) in [4.78, 5) is 39.1. The Labute approximate surface area is 209 Å². The highest BCUT2D eigenvalue weighted by Crippen LogP contribution is 2.19. The van der Waals surface area contributed by atoms with Gasteiger partial charge in [0, 0.05) is 10.7 Å². The molecule has 5 aromatic rings. The molecule has 2 heterocycles. The van der Waals surface area contributed by atoms with Crippen LogP contribution < -0.4 is 16.6 Å². The van der Waals surface area contributed by atoms with Crippen LogP contribution in [-0.4, -0.2) is 15.0 Å². The van der Waals surface area contributed by atoms with Crippen molar-refractivity contribution < 1.29 is 4.79 Å². The van der Waals surface area contributed by atoms with E-state index in [2.05, 4.69) is 5.32 Å². The van der Waals surface area contributed by atoms with Crippen LogP contribution in [0.2, 0.25) is 5.02 Å². The van der Waals surface area contributed by atoms with Gasteiger partial charge in [-0.15, -0.1) is 11.3 Å². The second-order valence-corrected chi connectivity index (χ2v) is 9.38. The molecule has 0 saturated carbocycles. The first-order chi connectivity index (χ1) is 17.0. The molecule has 0 radical (unpaired) electrons. The molecule has 174 valence electrons. The van der Waals surface area contributed by atoms with Crippen molar-refractivity contribution in [1.82, 2.24) is 9.13 Å². The summed E-state index contributed by atoms with van der Waals surface area (Å²) in [5.41, 5.74) is 2.60. The van der Waals surface area contributed by atoms with Gasteiger partial charge in [0.15, 0.2) is 0 Å². The number of thiophene rings is 1. The Balaban J connectivity index is 1.47. The van der Waals surface area contributed by atoms with Crippen LogP contribution >= 0.6 is 22.9 Å². The number of anilines is 1. The number of aromatic nitrogens is 2. The average Bonchev–Trinajstić information content (AvgIpc) is 3.34. The maximum atomic E-state index is 13.5. The Bertz CT molecular complexity index is 1640. The molecule has 5 rings (SSSR count). The quantitative estimate of drug-likeness (QED) is 0.352. The maximum absolute atomic E-state index is 13.5. The fourth-order valence-corrected chi connectivity index (χ4v) is 5.00. The highest BCUT2D eigenvalue weighted by molar-refractivity contribution is 7.17. The molecule has 0 aliphatic carbocycles. The SMILES string of the molecule is O=C(Cc1ccc(-n2c(=O)c3sccc3n(Cc3cccc(Cl)c3)c2=O)cc1)Nc1ccccc1. The molecule has 8 heteroatoms. The summed E-state index contributed by atoms with van der Waals surface area (Å²) in [5.74, 6) is -0.148. The minimum atomic E-state index is -0.435. The van der Waals surface area contributed by atoms with Gasteiger partial charge in [0.1, 0.15) is 4.70 Å². The van der Waals surface area contributed by atoms with Crippen LogP contribution in [0.15, 0.2) is 99.9 Å². The normalized spacial score (nSPS) is 11.0. The molecule has 2 aromatic heterocycles. The number of nitrogens with zero attached hydrogens (tertiary/aromatic N) is 2. The smallest absolute Gasteiger partial charge is 0.326 e. The van der Waals surface area contributed by atoms with E-state index in [4.69, 9.17) is 11.6 Å². The summed E-state index contributed by atoms with van der Waals surface area (Å²) in [5, 5.41) is 5.24. The van der Waals surface area contributed by atoms with E-state index in [1.54, 1.807) is 52.4 Å². The van der Waals surface area contributed by atoms with Crippen molar-refractivity contribution in [2.24, 2.45) is 0 Å². The van der Waals surface area contributed by atoms with Crippen LogP contribution in [-0.2, 0) is 17.8 Å². The van der Waals surface area contributed by atoms with Gasteiger partial charge in [-0.2, -0.15) is 0 Å². The van der Waals surface area contributed by atoms with Gasteiger partial charge in [-0.05, 0) is 59.0 Å². The molecule has 1 amide bonds. The lowest BCUT2D eigenvalue weighted by molar-refractivity contribution is -0.115. The van der Waals surface area contributed by atoms with Gasteiger partial charge in [-0.1, -0.05) is 54.1 Å². The lowest BCUT2D eigenvalue weighted by Gasteiger charge is -2.13. The summed E-state index contributed by atoms with van der Waals surface area (Å²) >= 11 is 7.43. The minimum Gasteiger partial charge on any atom is -0.326 e. The van der Waals surface area contributed by atoms with E-state index in [0.29, 0.717) is 20.9 Å². The maximum Gasteiger partial charge on any atom is 0.336 e. The number of carbonyl (C=O) groups excluding carboxylic acids is 1. The van der Waals surface area contributed by atoms with Gasteiger partial charge in [0.2, 0.25) is 5.91 Å². The second-order valence-electron chi connectivity index (χ2n) is 8.03. The predicted molar refractivity (Wildman–Crippen MR) is 141 cm³/mol. The van der Waals surface area contributed by atoms with Gasteiger partial charge in [0.05, 0.1) is 24.2 Å². The van der Waals surface area contributed by atoms with E-state index in [9.17, 15) is 14.4 Å². The van der Waals surface area contributed by atoms with E-state index >= 15 is 0 Å². The molecular formula is C27H20ClN3O3S. The largest absolute Gasteiger partial charge is 0.336 e. The van der Waals surface area contributed by atoms with E-state index in [1.807, 2.05) is 42.5 Å². The number of hydrogen-bond acceptors (Lipinski definition) is 4. The van der Waals surface area contributed by atoms with Crippen molar-refractivity contribution in [3.8, 4) is 5.69 Å². The fourth-order valence-electron chi connectivity index (χ4n) is 3.96. The molecule has 0 atom stereocenters. The first kappa shape index (κ1) is 22.8. The van der Waals surface area contributed by atoms with E-state index in [1.165, 1.54) is 15.9 Å². The van der Waals surface area contributed by atoms with Crippen molar-refractivity contribution in [3.63, 3.8) is 0 Å². The lowest BCUT2D eigenvalue weighted by atomic mass is 10.1. The van der Waals surface area contributed by atoms with E-state index in [-0.39, 0.29) is 24.4 Å². The standard InChI is InChI=1S/C27H20ClN3O3S/c28-20-6-4-5-19(15-20)17-30-23-13-14-35-25(23)26(33)31(27(30)34)22-11-9-18(10-12-22)16-24(32)29-21-7-2-1-3-8-21/h1-15H,16-17H2,(H,29,32). The first-order valence-electron chi connectivity index (χ1n) is 10.9. The van der Waals surface area contributed by atoms with E-state index < -0.39 is 5.69 Å². The number of para-hydroxylation sites is 1. The molecule has 35 heavy (non-hydrogen) atoms. The number of rotatable bonds is 6. The molecule has 1 N–H and O–H groups in total. The molecular weight excluding hydrogens is 482 g/mol. The Morgan fingerprint density at radius 2 is 1.66 bits per heavy atom. The monoisotopic (exact) mass is 501 g/mol. The summed E-state index contributed by atoms with van der Waals surface area (Å²) in [7, 11) is 0. The number of carbonyl (C=O) groups is 1. The molecule has 6 nitrogen and oxygen atoms in total. The first-order valence-corrected chi connectivity index (χ1v) is 12.2. The highest BCUT2D eigenvalue weighted by atomic mass is 35.5. The number of benzene rings is 3. The second kappa shape index (κ2) is 9.74. The summed E-state index contributed by atoms with van der Waals surface area (Å²) in [6, 6.07) is 25.2. The number of fused-ring (bicyclic) bond motifs is 1. The van der Waals surface area contributed by atoms with Crippen LogP contribution in [0.3, 0.4) is 0 Å². The Morgan fingerprint density at radius 1 is 0.886 bits per heavy atom. The molecule has 3 aromatic carbocycles. The van der Waals surface area contributed by atoms with Crippen LogP contribution in [0.4, 0.5) is 5.69 Å². The average molecular weight is 502 g/mol. The lowest BCUT2D eigenvalue weighted by Crippen LogP contribution is -2.38. The third kappa shape index (κ3) is 4.82. The topological polar surface area (TPSA) is 73.1 Å². The number of hydrogen-bond donors (Lipinski definition) is 1. The number of nitrogens with one attached hydrogen (secondary N) is 1. The molecule has 0 aliphatic heterocycles. The molecule has 0 bridgehead atoms. The minimum absolute atomic E-state index is 0.148. The molecule has 0 fully saturated rings. The van der Waals surface area contributed by atoms with Crippen molar-refractivity contribution >= 4 is 44.7 Å². The summed E-state index contributed by atoms with van der Waals surface area (Å²) < 4.78 is 3.26. The van der Waals surface area contributed by atoms with Crippen LogP contribution in [0.25, 0.3) is 15.9 Å². The van der Waals surface area contributed by atoms with Crippen molar-refractivity contribution in [3.05, 3.63) is 127 Å². The number of halogens is 1. The zero-order chi connectivity index (χ0) is 24.4. The zero-order valence-electron chi connectivity index (χ0n) is 18.5. The van der Waals surface area contributed by atoms with Crippen molar-refractivity contribution in [2.75, 3.05) is 5.32 Å². The fraction of sp³-hybridized carbons (Fsp3) is 0.0741. The third-order valence-electron chi connectivity index (χ3n) is 5.60. The van der Waals surface area contributed by atoms with Gasteiger partial charge in [-0.3, -0.25) is 14.2 Å². The highest BCUT2D eigenvalue weighted by Gasteiger charge is 2.16. The van der Waals surface area contributed by atoms with Crippen molar-refractivity contribution in [2.45, 2.75) is 13.0 Å². The van der Waals surface area contributed by atoms with Crippen molar-refractivity contribution in [1.29, 1.82) is 0 Å². The van der Waals surface area contributed by atoms with Crippen LogP contribution in [0, 0.1) is 0 Å². The molecule has 0 aliphatic rings. The summed E-state index contributed by atoms with van der Waals surface area (Å²) in [6.45, 7) is 0.282. The predicted octanol–water partition coefficient (Wildman–Crippen LogP) is 5.10. The molecule has 0 unspecified atom stereocenters. The van der Waals surface area contributed by atoms with Crippen LogP contribution in [0.5, 0.6) is 0 Å². The number of amides is 1. The van der Waals surface area contributed by atoms with Gasteiger partial charge >= 0.3 is 5.69 Å². The Hall–Kier alpha value is -3.94. The van der Waals surface area contributed by atoms with Gasteiger partial charge in [0.25, 0.3) is 5.56 Å². The summed E-state index contributed by atoms with van der Waals surface area (Å²) in [6.07, 6.45) is 0.174. The van der Waals surface area contributed by atoms with Gasteiger partial charge in [-0.25, -0.2) is 9.36 Å². The zero-order valence-corrected chi connectivity index (χ0v) is 20.1. The molecule has 0 spiro atoms. The van der Waals surface area contributed by atoms with Gasteiger partial charge < -0.3 is 5.32 Å². The van der Waals surface area contributed by atoms with Crippen LogP contribution in [0.1, 0.15) is 11.1 Å². The van der Waals surface area contributed by atoms with E-state index in [0.717, 1.165) is 16.8 Å². The Morgan fingerprint density at radius 3 is 2.40 bits per heavy atom. The molecule has 0 saturated heterocycles. The third-order valence-corrected chi connectivity index (χ3v) is 6.73.